The molecule has 1 atom stereocenters. The van der Waals surface area contributed by atoms with Crippen LogP contribution in [-0.2, 0) is 4.74 Å². The van der Waals surface area contributed by atoms with Crippen LogP contribution >= 0.6 is 0 Å². The van der Waals surface area contributed by atoms with E-state index in [1.165, 1.54) is 0 Å². The average molecular weight is 425 g/mol. The van der Waals surface area contributed by atoms with Crippen LogP contribution in [0.5, 0.6) is 0 Å². The smallest absolute Gasteiger partial charge is 0.271 e. The topological polar surface area (TPSA) is 140 Å². The number of carbonyl (C=O) groups is 2. The van der Waals surface area contributed by atoms with Gasteiger partial charge in [0.2, 0.25) is 0 Å². The summed E-state index contributed by atoms with van der Waals surface area (Å²) in [6.45, 7) is 3.79. The number of rotatable bonds is 5. The van der Waals surface area contributed by atoms with Crippen LogP contribution in [0.15, 0.2) is 30.5 Å². The van der Waals surface area contributed by atoms with Crippen LogP contribution in [0.3, 0.4) is 0 Å². The molecule has 2 saturated heterocycles. The van der Waals surface area contributed by atoms with E-state index in [1.54, 1.807) is 35.4 Å². The number of nitrogens with zero attached hydrogens (tertiary/aromatic N) is 4. The first-order chi connectivity index (χ1) is 15.0. The molecule has 2 aromatic rings. The molecule has 164 valence electrons. The summed E-state index contributed by atoms with van der Waals surface area (Å²) in [5, 5.41) is 3.11. The van der Waals surface area contributed by atoms with E-state index in [1.807, 2.05) is 0 Å². The normalized spacial score (nSPS) is 19.2. The molecule has 10 nitrogen and oxygen atoms in total. The summed E-state index contributed by atoms with van der Waals surface area (Å²) < 4.78 is 5.30. The summed E-state index contributed by atoms with van der Waals surface area (Å²) in [4.78, 5) is 37.1. The van der Waals surface area contributed by atoms with Gasteiger partial charge in [-0.25, -0.2) is 9.97 Å². The van der Waals surface area contributed by atoms with Crippen molar-refractivity contribution in [1.29, 1.82) is 0 Å². The second-order valence-corrected chi connectivity index (χ2v) is 7.74. The maximum absolute atomic E-state index is 12.6. The molecule has 2 amide bonds. The van der Waals surface area contributed by atoms with Gasteiger partial charge in [0.25, 0.3) is 11.8 Å². The van der Waals surface area contributed by atoms with E-state index in [0.717, 1.165) is 19.4 Å². The van der Waals surface area contributed by atoms with Gasteiger partial charge in [-0.3, -0.25) is 9.59 Å². The Morgan fingerprint density at radius 2 is 1.87 bits per heavy atom. The van der Waals surface area contributed by atoms with Gasteiger partial charge in [-0.1, -0.05) is 0 Å². The molecule has 0 radical (unpaired) electrons. The quantitative estimate of drug-likeness (QED) is 0.637. The molecule has 1 aromatic heterocycles. The van der Waals surface area contributed by atoms with Crippen LogP contribution < -0.4 is 21.7 Å². The summed E-state index contributed by atoms with van der Waals surface area (Å²) >= 11 is 0. The van der Waals surface area contributed by atoms with Gasteiger partial charge in [-0.2, -0.15) is 0 Å². The Bertz CT molecular complexity index is 944. The summed E-state index contributed by atoms with van der Waals surface area (Å²) in [5.41, 5.74) is 12.9. The molecular weight excluding hydrogens is 398 g/mol. The predicted octanol–water partition coefficient (Wildman–Crippen LogP) is 0.719. The van der Waals surface area contributed by atoms with Crippen molar-refractivity contribution < 1.29 is 14.3 Å². The van der Waals surface area contributed by atoms with Crippen LogP contribution in [0.2, 0.25) is 0 Å². The second kappa shape index (κ2) is 9.27. The summed E-state index contributed by atoms with van der Waals surface area (Å²) in [7, 11) is 0. The molecule has 2 aliphatic heterocycles. The maximum atomic E-state index is 12.6. The summed E-state index contributed by atoms with van der Waals surface area (Å²) in [6, 6.07) is 7.10. The number of aromatic nitrogens is 2. The van der Waals surface area contributed by atoms with Crippen molar-refractivity contribution in [3.8, 4) is 0 Å². The highest BCUT2D eigenvalue weighted by atomic mass is 16.5. The maximum Gasteiger partial charge on any atom is 0.271 e. The molecule has 0 aliphatic carbocycles. The number of hydrogen-bond acceptors (Lipinski definition) is 8. The van der Waals surface area contributed by atoms with Crippen molar-refractivity contribution >= 4 is 29.1 Å². The zero-order chi connectivity index (χ0) is 21.8. The Kier molecular flexibility index (Phi) is 6.28. The first kappa shape index (κ1) is 21.0. The molecule has 2 fully saturated rings. The molecule has 10 heteroatoms. The van der Waals surface area contributed by atoms with Crippen LogP contribution in [-0.4, -0.2) is 72.1 Å². The highest BCUT2D eigenvalue weighted by molar-refractivity contribution is 5.97. The molecule has 0 spiro atoms. The van der Waals surface area contributed by atoms with Crippen LogP contribution in [0, 0.1) is 0 Å². The van der Waals surface area contributed by atoms with Gasteiger partial charge in [0.15, 0.2) is 11.5 Å². The molecule has 1 aromatic carbocycles. The summed E-state index contributed by atoms with van der Waals surface area (Å²) in [6.07, 6.45) is 3.50. The number of benzene rings is 1. The number of nitrogens with one attached hydrogen (secondary N) is 1. The molecule has 31 heavy (non-hydrogen) atoms. The number of morpholine rings is 1. The molecule has 3 heterocycles. The van der Waals surface area contributed by atoms with E-state index in [9.17, 15) is 9.59 Å². The minimum atomic E-state index is -0.670. The van der Waals surface area contributed by atoms with Crippen LogP contribution in [0.4, 0.5) is 17.3 Å². The third-order valence-electron chi connectivity index (χ3n) is 5.47. The predicted molar refractivity (Wildman–Crippen MR) is 116 cm³/mol. The largest absolute Gasteiger partial charge is 0.378 e. The van der Waals surface area contributed by atoms with Gasteiger partial charge in [0.1, 0.15) is 5.82 Å². The zero-order valence-electron chi connectivity index (χ0n) is 17.3. The third kappa shape index (κ3) is 4.92. The molecule has 4 rings (SSSR count). The lowest BCUT2D eigenvalue weighted by atomic mass is 10.1. The van der Waals surface area contributed by atoms with Crippen molar-refractivity contribution in [1.82, 2.24) is 14.9 Å². The summed E-state index contributed by atoms with van der Waals surface area (Å²) in [5.74, 6) is 0.213. The number of ether oxygens (including phenoxy) is 1. The second-order valence-electron chi connectivity index (χ2n) is 7.74. The molecule has 0 unspecified atom stereocenters. The molecular formula is C21H27N7O3. The van der Waals surface area contributed by atoms with Gasteiger partial charge >= 0.3 is 0 Å². The van der Waals surface area contributed by atoms with E-state index in [-0.39, 0.29) is 23.5 Å². The van der Waals surface area contributed by atoms with Crippen molar-refractivity contribution in [2.75, 3.05) is 49.6 Å². The van der Waals surface area contributed by atoms with Gasteiger partial charge in [0.05, 0.1) is 19.4 Å². The fraction of sp³-hybridized carbons (Fsp3) is 0.429. The van der Waals surface area contributed by atoms with Crippen molar-refractivity contribution in [3.05, 3.63) is 41.7 Å². The van der Waals surface area contributed by atoms with Crippen molar-refractivity contribution in [2.45, 2.75) is 18.9 Å². The van der Waals surface area contributed by atoms with E-state index >= 15 is 0 Å². The first-order valence-corrected chi connectivity index (χ1v) is 10.4. The SMILES string of the molecule is NC(=O)c1ncc(N2CCC[C@@H](N)C2)nc1Nc1ccc(C(=O)N2CCOCC2)cc1. The lowest BCUT2D eigenvalue weighted by molar-refractivity contribution is 0.0303. The van der Waals surface area contributed by atoms with Gasteiger partial charge < -0.3 is 31.3 Å². The first-order valence-electron chi connectivity index (χ1n) is 10.4. The van der Waals surface area contributed by atoms with E-state index in [0.29, 0.717) is 49.9 Å². The number of primary amides is 1. The third-order valence-corrected chi connectivity index (χ3v) is 5.47. The molecule has 2 aliphatic rings. The van der Waals surface area contributed by atoms with Crippen LogP contribution in [0.25, 0.3) is 0 Å². The Morgan fingerprint density at radius 1 is 1.13 bits per heavy atom. The number of anilines is 3. The van der Waals surface area contributed by atoms with Gasteiger partial charge in [-0.05, 0) is 37.1 Å². The average Bonchev–Trinajstić information content (AvgIpc) is 2.79. The van der Waals surface area contributed by atoms with E-state index in [2.05, 4.69) is 20.2 Å². The number of amides is 2. The van der Waals surface area contributed by atoms with E-state index in [4.69, 9.17) is 16.2 Å². The number of piperidine rings is 1. The van der Waals surface area contributed by atoms with Crippen molar-refractivity contribution in [3.63, 3.8) is 0 Å². The Labute approximate surface area is 180 Å². The van der Waals surface area contributed by atoms with E-state index < -0.39 is 5.91 Å². The molecule has 0 saturated carbocycles. The van der Waals surface area contributed by atoms with Crippen LogP contribution in [0.1, 0.15) is 33.7 Å². The Morgan fingerprint density at radius 3 is 2.55 bits per heavy atom. The van der Waals surface area contributed by atoms with Gasteiger partial charge in [0, 0.05) is 43.5 Å². The number of carbonyl (C=O) groups excluding carboxylic acids is 2. The Balaban J connectivity index is 1.52. The molecule has 5 N–H and O–H groups in total. The number of nitrogens with two attached hydrogens (primary N) is 2. The fourth-order valence-electron chi connectivity index (χ4n) is 3.80. The number of hydrogen-bond donors (Lipinski definition) is 3. The lowest BCUT2D eigenvalue weighted by Gasteiger charge is -2.31. The standard InChI is InChI=1S/C21H27N7O3/c22-15-2-1-7-28(13-15)17-12-24-18(19(23)29)20(26-17)25-16-5-3-14(4-6-16)21(30)27-8-10-31-11-9-27/h3-6,12,15H,1-2,7-11,13,22H2,(H2,23,29)(H,25,26)/t15-/m1/s1. The van der Waals surface area contributed by atoms with Gasteiger partial charge in [-0.15, -0.1) is 0 Å². The minimum absolute atomic E-state index is 0.0316. The van der Waals surface area contributed by atoms with Crippen molar-refractivity contribution in [2.24, 2.45) is 11.5 Å². The minimum Gasteiger partial charge on any atom is -0.378 e. The lowest BCUT2D eigenvalue weighted by Crippen LogP contribution is -2.43. The monoisotopic (exact) mass is 425 g/mol. The fourth-order valence-corrected chi connectivity index (χ4v) is 3.80. The molecule has 0 bridgehead atoms. The highest BCUT2D eigenvalue weighted by Gasteiger charge is 2.22. The highest BCUT2D eigenvalue weighted by Crippen LogP contribution is 2.23. The Hall–Kier alpha value is -3.24. The zero-order valence-corrected chi connectivity index (χ0v) is 17.3.